The number of rotatable bonds is 4. The van der Waals surface area contributed by atoms with E-state index in [2.05, 4.69) is 15.3 Å². The number of hydrogen-bond donors (Lipinski definition) is 2. The molecule has 0 aliphatic carbocycles. The van der Waals surface area contributed by atoms with Gasteiger partial charge in [-0.2, -0.15) is 0 Å². The highest BCUT2D eigenvalue weighted by molar-refractivity contribution is 5.94. The van der Waals surface area contributed by atoms with E-state index in [1.807, 2.05) is 6.92 Å². The first-order valence-electron chi connectivity index (χ1n) is 4.55. The molecule has 1 aromatic rings. The second-order valence-corrected chi connectivity index (χ2v) is 3.01. The Labute approximate surface area is 82.7 Å². The minimum Gasteiger partial charge on any atom is -0.322 e. The second kappa shape index (κ2) is 5.29. The molecule has 3 N–H and O–H groups in total. The van der Waals surface area contributed by atoms with Gasteiger partial charge in [0.15, 0.2) is 0 Å². The highest BCUT2D eigenvalue weighted by Gasteiger charge is 2.11. The molecule has 1 rings (SSSR count). The number of amides is 1. The van der Waals surface area contributed by atoms with Crippen molar-refractivity contribution in [1.82, 2.24) is 9.97 Å². The molecule has 0 bridgehead atoms. The summed E-state index contributed by atoms with van der Waals surface area (Å²) in [5.41, 5.74) is 6.20. The average Bonchev–Trinajstić information content (AvgIpc) is 2.19. The highest BCUT2D eigenvalue weighted by Crippen LogP contribution is 2.02. The van der Waals surface area contributed by atoms with Crippen LogP contribution in [0.5, 0.6) is 0 Å². The highest BCUT2D eigenvalue weighted by atomic mass is 16.2. The van der Waals surface area contributed by atoms with Crippen LogP contribution in [0.15, 0.2) is 18.7 Å². The zero-order valence-electron chi connectivity index (χ0n) is 8.10. The fraction of sp³-hybridized carbons (Fsp3) is 0.444. The maximum atomic E-state index is 11.4. The number of hydrogen-bond acceptors (Lipinski definition) is 4. The molecule has 0 fully saturated rings. The van der Waals surface area contributed by atoms with Crippen LogP contribution in [0, 0.1) is 0 Å². The fourth-order valence-corrected chi connectivity index (χ4v) is 1.04. The third-order valence-corrected chi connectivity index (χ3v) is 1.76. The first kappa shape index (κ1) is 10.6. The van der Waals surface area contributed by atoms with Crippen molar-refractivity contribution in [2.75, 3.05) is 5.32 Å². The SMILES string of the molecule is CCC[C@H](N)C(=O)Nc1cncnc1. The van der Waals surface area contributed by atoms with Crippen LogP contribution in [-0.2, 0) is 4.79 Å². The number of nitrogens with two attached hydrogens (primary N) is 1. The third kappa shape index (κ3) is 3.10. The summed E-state index contributed by atoms with van der Waals surface area (Å²) in [5.74, 6) is -0.193. The van der Waals surface area contributed by atoms with Crippen molar-refractivity contribution in [2.45, 2.75) is 25.8 Å². The second-order valence-electron chi connectivity index (χ2n) is 3.01. The monoisotopic (exact) mass is 194 g/mol. The van der Waals surface area contributed by atoms with Gasteiger partial charge >= 0.3 is 0 Å². The summed E-state index contributed by atoms with van der Waals surface area (Å²) in [6.07, 6.45) is 6.04. The lowest BCUT2D eigenvalue weighted by atomic mass is 10.2. The van der Waals surface area contributed by atoms with E-state index in [4.69, 9.17) is 5.73 Å². The van der Waals surface area contributed by atoms with Crippen molar-refractivity contribution in [1.29, 1.82) is 0 Å². The predicted molar refractivity (Wildman–Crippen MR) is 53.5 cm³/mol. The molecule has 0 aliphatic rings. The Hall–Kier alpha value is -1.49. The summed E-state index contributed by atoms with van der Waals surface area (Å²) in [4.78, 5) is 19.0. The molecule has 0 radical (unpaired) electrons. The summed E-state index contributed by atoms with van der Waals surface area (Å²) in [7, 11) is 0. The van der Waals surface area contributed by atoms with Gasteiger partial charge in [-0.3, -0.25) is 4.79 Å². The molecule has 0 aliphatic heterocycles. The van der Waals surface area contributed by atoms with Crippen LogP contribution < -0.4 is 11.1 Å². The molecule has 0 spiro atoms. The van der Waals surface area contributed by atoms with Gasteiger partial charge in [0.05, 0.1) is 24.1 Å². The van der Waals surface area contributed by atoms with Crippen LogP contribution in [0.1, 0.15) is 19.8 Å². The van der Waals surface area contributed by atoms with Gasteiger partial charge in [-0.05, 0) is 6.42 Å². The molecule has 1 atom stereocenters. The summed E-state index contributed by atoms with van der Waals surface area (Å²) in [6, 6.07) is -0.458. The smallest absolute Gasteiger partial charge is 0.241 e. The summed E-state index contributed by atoms with van der Waals surface area (Å²) >= 11 is 0. The minimum absolute atomic E-state index is 0.193. The maximum Gasteiger partial charge on any atom is 0.241 e. The standard InChI is InChI=1S/C9H14N4O/c1-2-3-8(10)9(14)13-7-4-11-6-12-5-7/h4-6,8H,2-3,10H2,1H3,(H,13,14)/t8-/m0/s1. The van der Waals surface area contributed by atoms with Crippen LogP contribution in [-0.4, -0.2) is 21.9 Å². The summed E-state index contributed by atoms with van der Waals surface area (Å²) < 4.78 is 0. The Kier molecular flexibility index (Phi) is 4.00. The van der Waals surface area contributed by atoms with Gasteiger partial charge in [0.2, 0.25) is 5.91 Å². The number of anilines is 1. The first-order chi connectivity index (χ1) is 6.74. The largest absolute Gasteiger partial charge is 0.322 e. The first-order valence-corrected chi connectivity index (χ1v) is 4.55. The summed E-state index contributed by atoms with van der Waals surface area (Å²) in [6.45, 7) is 1.98. The van der Waals surface area contributed by atoms with Gasteiger partial charge in [0.25, 0.3) is 0 Å². The number of nitrogens with zero attached hydrogens (tertiary/aromatic N) is 2. The van der Waals surface area contributed by atoms with E-state index in [-0.39, 0.29) is 5.91 Å². The van der Waals surface area contributed by atoms with Crippen LogP contribution >= 0.6 is 0 Å². The Morgan fingerprint density at radius 1 is 1.57 bits per heavy atom. The van der Waals surface area contributed by atoms with Gasteiger partial charge in [0, 0.05) is 0 Å². The Morgan fingerprint density at radius 2 is 2.21 bits per heavy atom. The van der Waals surface area contributed by atoms with Crippen molar-refractivity contribution >= 4 is 11.6 Å². The molecule has 0 aromatic carbocycles. The number of aromatic nitrogens is 2. The van der Waals surface area contributed by atoms with E-state index in [1.54, 1.807) is 0 Å². The zero-order chi connectivity index (χ0) is 10.4. The van der Waals surface area contributed by atoms with Crippen LogP contribution in [0.2, 0.25) is 0 Å². The normalized spacial score (nSPS) is 12.1. The topological polar surface area (TPSA) is 80.9 Å². The zero-order valence-corrected chi connectivity index (χ0v) is 8.10. The average molecular weight is 194 g/mol. The fourth-order valence-electron chi connectivity index (χ4n) is 1.04. The van der Waals surface area contributed by atoms with Crippen molar-refractivity contribution in [3.8, 4) is 0 Å². The Morgan fingerprint density at radius 3 is 2.79 bits per heavy atom. The lowest BCUT2D eigenvalue weighted by Gasteiger charge is -2.09. The Balaban J connectivity index is 2.49. The molecular weight excluding hydrogens is 180 g/mol. The molecule has 76 valence electrons. The van der Waals surface area contributed by atoms with Gasteiger partial charge in [-0.15, -0.1) is 0 Å². The number of nitrogens with one attached hydrogen (secondary N) is 1. The van der Waals surface area contributed by atoms with E-state index in [0.29, 0.717) is 12.1 Å². The summed E-state index contributed by atoms with van der Waals surface area (Å²) in [5, 5.41) is 2.64. The molecule has 0 unspecified atom stereocenters. The molecule has 14 heavy (non-hydrogen) atoms. The molecule has 5 nitrogen and oxygen atoms in total. The minimum atomic E-state index is -0.458. The van der Waals surface area contributed by atoms with Crippen LogP contribution in [0.3, 0.4) is 0 Å². The number of carbonyl (C=O) groups is 1. The predicted octanol–water partition coefficient (Wildman–Crippen LogP) is 0.542. The van der Waals surface area contributed by atoms with E-state index < -0.39 is 6.04 Å². The quantitative estimate of drug-likeness (QED) is 0.733. The van der Waals surface area contributed by atoms with E-state index in [1.165, 1.54) is 18.7 Å². The number of carbonyl (C=O) groups excluding carboxylic acids is 1. The third-order valence-electron chi connectivity index (χ3n) is 1.76. The van der Waals surface area contributed by atoms with Crippen LogP contribution in [0.4, 0.5) is 5.69 Å². The van der Waals surface area contributed by atoms with Gasteiger partial charge in [-0.25, -0.2) is 9.97 Å². The van der Waals surface area contributed by atoms with Crippen molar-refractivity contribution in [3.05, 3.63) is 18.7 Å². The molecule has 1 heterocycles. The van der Waals surface area contributed by atoms with Crippen LogP contribution in [0.25, 0.3) is 0 Å². The maximum absolute atomic E-state index is 11.4. The van der Waals surface area contributed by atoms with E-state index in [9.17, 15) is 4.79 Å². The lowest BCUT2D eigenvalue weighted by molar-refractivity contribution is -0.117. The lowest BCUT2D eigenvalue weighted by Crippen LogP contribution is -2.35. The van der Waals surface area contributed by atoms with Gasteiger partial charge in [-0.1, -0.05) is 13.3 Å². The molecule has 0 saturated heterocycles. The molecule has 5 heteroatoms. The molecule has 1 aromatic heterocycles. The van der Waals surface area contributed by atoms with E-state index in [0.717, 1.165) is 6.42 Å². The van der Waals surface area contributed by atoms with Crippen molar-refractivity contribution < 1.29 is 4.79 Å². The molecular formula is C9H14N4O. The van der Waals surface area contributed by atoms with Gasteiger partial charge < -0.3 is 11.1 Å². The molecule has 0 saturated carbocycles. The van der Waals surface area contributed by atoms with Crippen molar-refractivity contribution in [2.24, 2.45) is 5.73 Å². The molecule has 1 amide bonds. The Bertz CT molecular complexity index is 288. The van der Waals surface area contributed by atoms with Crippen molar-refractivity contribution in [3.63, 3.8) is 0 Å². The van der Waals surface area contributed by atoms with E-state index >= 15 is 0 Å². The van der Waals surface area contributed by atoms with Gasteiger partial charge in [0.1, 0.15) is 6.33 Å².